The minimum atomic E-state index is 0.809. The molecule has 4 heteroatoms. The summed E-state index contributed by atoms with van der Waals surface area (Å²) in [7, 11) is 0. The van der Waals surface area contributed by atoms with Gasteiger partial charge in [0, 0.05) is 24.5 Å². The van der Waals surface area contributed by atoms with E-state index in [9.17, 15) is 0 Å². The molecule has 0 aliphatic heterocycles. The summed E-state index contributed by atoms with van der Waals surface area (Å²) in [5, 5.41) is 0. The van der Waals surface area contributed by atoms with E-state index in [-0.39, 0.29) is 0 Å². The highest BCUT2D eigenvalue weighted by Crippen LogP contribution is 2.09. The first-order valence-corrected chi connectivity index (χ1v) is 4.99. The van der Waals surface area contributed by atoms with Crippen molar-refractivity contribution in [3.63, 3.8) is 0 Å². The molecule has 2 rings (SSSR count). The minimum Gasteiger partial charge on any atom is -0.265 e. The SMILES string of the molecule is Brc1cc(Cc2ccncc2)ncn1. The quantitative estimate of drug-likeness (QED) is 0.767. The summed E-state index contributed by atoms with van der Waals surface area (Å²) in [6, 6.07) is 5.88. The van der Waals surface area contributed by atoms with Gasteiger partial charge in [-0.1, -0.05) is 0 Å². The van der Waals surface area contributed by atoms with Crippen molar-refractivity contribution < 1.29 is 0 Å². The molecule has 2 heterocycles. The Morgan fingerprint density at radius 3 is 2.64 bits per heavy atom. The van der Waals surface area contributed by atoms with E-state index in [0.717, 1.165) is 16.7 Å². The highest BCUT2D eigenvalue weighted by Gasteiger charge is 1.98. The van der Waals surface area contributed by atoms with Gasteiger partial charge in [0.1, 0.15) is 10.9 Å². The van der Waals surface area contributed by atoms with E-state index < -0.39 is 0 Å². The van der Waals surface area contributed by atoms with Gasteiger partial charge in [0.2, 0.25) is 0 Å². The summed E-state index contributed by atoms with van der Waals surface area (Å²) in [6.07, 6.45) is 5.93. The van der Waals surface area contributed by atoms with Crippen LogP contribution in [0.15, 0.2) is 41.5 Å². The van der Waals surface area contributed by atoms with Gasteiger partial charge in [0.15, 0.2) is 0 Å². The number of pyridine rings is 1. The van der Waals surface area contributed by atoms with E-state index in [0.29, 0.717) is 0 Å². The Morgan fingerprint density at radius 1 is 1.14 bits per heavy atom. The molecule has 0 aliphatic carbocycles. The Labute approximate surface area is 90.4 Å². The van der Waals surface area contributed by atoms with Crippen LogP contribution in [0, 0.1) is 0 Å². The molecule has 0 saturated heterocycles. The standard InChI is InChI=1S/C10H8BrN3/c11-10-6-9(13-7-14-10)5-8-1-3-12-4-2-8/h1-4,6-7H,5H2. The number of aromatic nitrogens is 3. The summed E-state index contributed by atoms with van der Waals surface area (Å²) < 4.78 is 0.816. The molecule has 0 aliphatic rings. The Balaban J connectivity index is 2.19. The zero-order valence-electron chi connectivity index (χ0n) is 7.39. The van der Waals surface area contributed by atoms with Crippen LogP contribution in [0.2, 0.25) is 0 Å². The number of rotatable bonds is 2. The van der Waals surface area contributed by atoms with Crippen LogP contribution in [0.1, 0.15) is 11.3 Å². The molecule has 0 spiro atoms. The molecule has 0 radical (unpaired) electrons. The maximum Gasteiger partial charge on any atom is 0.116 e. The molecule has 0 unspecified atom stereocenters. The van der Waals surface area contributed by atoms with Gasteiger partial charge in [0.25, 0.3) is 0 Å². The molecule has 0 amide bonds. The summed E-state index contributed by atoms with van der Waals surface area (Å²) in [5.41, 5.74) is 2.20. The molecule has 14 heavy (non-hydrogen) atoms. The van der Waals surface area contributed by atoms with E-state index in [1.807, 2.05) is 18.2 Å². The summed E-state index contributed by atoms with van der Waals surface area (Å²) in [6.45, 7) is 0. The van der Waals surface area contributed by atoms with Crippen LogP contribution in [0.25, 0.3) is 0 Å². The van der Waals surface area contributed by atoms with Gasteiger partial charge in [-0.15, -0.1) is 0 Å². The fourth-order valence-corrected chi connectivity index (χ4v) is 1.53. The average Bonchev–Trinajstić information content (AvgIpc) is 2.19. The van der Waals surface area contributed by atoms with Crippen molar-refractivity contribution in [3.05, 3.63) is 52.8 Å². The van der Waals surface area contributed by atoms with Gasteiger partial charge in [-0.2, -0.15) is 0 Å². The molecule has 0 bridgehead atoms. The number of halogens is 1. The lowest BCUT2D eigenvalue weighted by atomic mass is 10.1. The molecule has 0 fully saturated rings. The third-order valence-corrected chi connectivity index (χ3v) is 2.26. The number of hydrogen-bond donors (Lipinski definition) is 0. The minimum absolute atomic E-state index is 0.809. The van der Waals surface area contributed by atoms with Crippen molar-refractivity contribution in [1.82, 2.24) is 15.0 Å². The highest BCUT2D eigenvalue weighted by atomic mass is 79.9. The molecule has 3 nitrogen and oxygen atoms in total. The lowest BCUT2D eigenvalue weighted by Gasteiger charge is -1.99. The fourth-order valence-electron chi connectivity index (χ4n) is 1.18. The third kappa shape index (κ3) is 2.35. The summed E-state index contributed by atoms with van der Waals surface area (Å²) in [5.74, 6) is 0. The van der Waals surface area contributed by atoms with Gasteiger partial charge >= 0.3 is 0 Å². The Bertz CT molecular complexity index is 417. The molecule has 0 saturated carbocycles. The van der Waals surface area contributed by atoms with Crippen LogP contribution in [0.5, 0.6) is 0 Å². The second-order valence-electron chi connectivity index (χ2n) is 2.86. The number of nitrogens with zero attached hydrogens (tertiary/aromatic N) is 3. The predicted molar refractivity (Wildman–Crippen MR) is 56.8 cm³/mol. The molecule has 0 aromatic carbocycles. The zero-order chi connectivity index (χ0) is 9.80. The van der Waals surface area contributed by atoms with E-state index in [1.54, 1.807) is 18.7 Å². The topological polar surface area (TPSA) is 38.7 Å². The first-order valence-electron chi connectivity index (χ1n) is 4.20. The Morgan fingerprint density at radius 2 is 1.93 bits per heavy atom. The molecule has 70 valence electrons. The van der Waals surface area contributed by atoms with Gasteiger partial charge in [-0.25, -0.2) is 9.97 Å². The van der Waals surface area contributed by atoms with E-state index in [1.165, 1.54) is 5.56 Å². The molecule has 0 N–H and O–H groups in total. The van der Waals surface area contributed by atoms with Gasteiger partial charge in [-0.3, -0.25) is 4.98 Å². The van der Waals surface area contributed by atoms with Gasteiger partial charge < -0.3 is 0 Å². The smallest absolute Gasteiger partial charge is 0.116 e. The van der Waals surface area contributed by atoms with Crippen molar-refractivity contribution >= 4 is 15.9 Å². The van der Waals surface area contributed by atoms with Crippen LogP contribution >= 0.6 is 15.9 Å². The van der Waals surface area contributed by atoms with Crippen LogP contribution < -0.4 is 0 Å². The second-order valence-corrected chi connectivity index (χ2v) is 3.68. The van der Waals surface area contributed by atoms with Crippen LogP contribution in [0.4, 0.5) is 0 Å². The van der Waals surface area contributed by atoms with Crippen LogP contribution in [-0.2, 0) is 6.42 Å². The molecule has 2 aromatic rings. The fraction of sp³-hybridized carbons (Fsp3) is 0.100. The zero-order valence-corrected chi connectivity index (χ0v) is 8.98. The lowest BCUT2D eigenvalue weighted by Crippen LogP contribution is -1.93. The monoisotopic (exact) mass is 249 g/mol. The normalized spacial score (nSPS) is 10.1. The van der Waals surface area contributed by atoms with Gasteiger partial charge in [0.05, 0.1) is 0 Å². The van der Waals surface area contributed by atoms with Crippen molar-refractivity contribution in [1.29, 1.82) is 0 Å². The maximum absolute atomic E-state index is 4.17. The van der Waals surface area contributed by atoms with Crippen molar-refractivity contribution in [2.24, 2.45) is 0 Å². The Kier molecular flexibility index (Phi) is 2.84. The summed E-state index contributed by atoms with van der Waals surface area (Å²) in [4.78, 5) is 12.1. The first-order chi connectivity index (χ1) is 6.84. The van der Waals surface area contributed by atoms with Gasteiger partial charge in [-0.05, 0) is 39.7 Å². The first kappa shape index (κ1) is 9.27. The second kappa shape index (κ2) is 4.28. The molecular weight excluding hydrogens is 242 g/mol. The number of hydrogen-bond acceptors (Lipinski definition) is 3. The van der Waals surface area contributed by atoms with E-state index >= 15 is 0 Å². The molecular formula is C10H8BrN3. The maximum atomic E-state index is 4.17. The summed E-state index contributed by atoms with van der Waals surface area (Å²) >= 11 is 3.31. The highest BCUT2D eigenvalue weighted by molar-refractivity contribution is 9.10. The van der Waals surface area contributed by atoms with Crippen molar-refractivity contribution in [2.75, 3.05) is 0 Å². The molecule has 2 aromatic heterocycles. The van der Waals surface area contributed by atoms with Crippen molar-refractivity contribution in [2.45, 2.75) is 6.42 Å². The van der Waals surface area contributed by atoms with E-state index in [2.05, 4.69) is 30.9 Å². The van der Waals surface area contributed by atoms with Crippen LogP contribution in [-0.4, -0.2) is 15.0 Å². The van der Waals surface area contributed by atoms with Crippen LogP contribution in [0.3, 0.4) is 0 Å². The van der Waals surface area contributed by atoms with Crippen molar-refractivity contribution in [3.8, 4) is 0 Å². The Hall–Kier alpha value is -1.29. The average molecular weight is 250 g/mol. The largest absolute Gasteiger partial charge is 0.265 e. The third-order valence-electron chi connectivity index (χ3n) is 1.82. The lowest BCUT2D eigenvalue weighted by molar-refractivity contribution is 1.01. The molecule has 0 atom stereocenters. The predicted octanol–water partition coefficient (Wildman–Crippen LogP) is 2.22. The van der Waals surface area contributed by atoms with E-state index in [4.69, 9.17) is 0 Å².